The van der Waals surface area contributed by atoms with Gasteiger partial charge in [0.1, 0.15) is 0 Å². The molecule has 0 aromatic heterocycles. The fourth-order valence-corrected chi connectivity index (χ4v) is 4.40. The van der Waals surface area contributed by atoms with Crippen molar-refractivity contribution in [3.63, 3.8) is 0 Å². The van der Waals surface area contributed by atoms with Crippen LogP contribution in [0.5, 0.6) is 0 Å². The molecule has 2 aliphatic rings. The molecule has 2 aromatic rings. The molecule has 0 spiro atoms. The van der Waals surface area contributed by atoms with Gasteiger partial charge in [-0.05, 0) is 23.6 Å². The summed E-state index contributed by atoms with van der Waals surface area (Å²) in [7, 11) is 0. The number of morpholine rings is 1. The van der Waals surface area contributed by atoms with Crippen LogP contribution in [-0.2, 0) is 27.4 Å². The number of likely N-dealkylation sites (tertiary alicyclic amines) is 1. The average Bonchev–Trinajstić information content (AvgIpc) is 3.21. The number of carbonyl (C=O) groups is 2. The molecule has 2 amide bonds. The third kappa shape index (κ3) is 5.32. The van der Waals surface area contributed by atoms with Crippen LogP contribution in [0.15, 0.2) is 54.6 Å². The van der Waals surface area contributed by atoms with Crippen LogP contribution in [-0.4, -0.2) is 54.5 Å². The van der Waals surface area contributed by atoms with Gasteiger partial charge in [-0.2, -0.15) is 0 Å². The van der Waals surface area contributed by atoms with Gasteiger partial charge in [0.2, 0.25) is 11.8 Å². The molecule has 1 N–H and O–H groups in total. The highest BCUT2D eigenvalue weighted by atomic mass is 16.5. The van der Waals surface area contributed by atoms with Gasteiger partial charge < -0.3 is 15.0 Å². The highest BCUT2D eigenvalue weighted by Gasteiger charge is 2.36. The lowest BCUT2D eigenvalue weighted by Gasteiger charge is -2.27. The lowest BCUT2D eigenvalue weighted by Crippen LogP contribution is -2.36. The smallest absolute Gasteiger partial charge is 0.225 e. The monoisotopic (exact) mass is 421 g/mol. The second kappa shape index (κ2) is 10.1. The highest BCUT2D eigenvalue weighted by Crippen LogP contribution is 2.28. The van der Waals surface area contributed by atoms with Gasteiger partial charge in [0, 0.05) is 39.1 Å². The number of rotatable bonds is 7. The fourth-order valence-electron chi connectivity index (χ4n) is 4.40. The van der Waals surface area contributed by atoms with Gasteiger partial charge in [-0.25, -0.2) is 0 Å². The van der Waals surface area contributed by atoms with E-state index in [2.05, 4.69) is 22.3 Å². The van der Waals surface area contributed by atoms with Gasteiger partial charge in [0.25, 0.3) is 0 Å². The van der Waals surface area contributed by atoms with Crippen LogP contribution in [0.1, 0.15) is 36.1 Å². The quantitative estimate of drug-likeness (QED) is 0.747. The minimum Gasteiger partial charge on any atom is -0.379 e. The van der Waals surface area contributed by atoms with E-state index < -0.39 is 0 Å². The van der Waals surface area contributed by atoms with Crippen molar-refractivity contribution in [2.75, 3.05) is 32.8 Å². The molecule has 0 bridgehead atoms. The molecule has 2 heterocycles. The number of ether oxygens (including phenoxy) is 1. The van der Waals surface area contributed by atoms with Crippen molar-refractivity contribution in [3.8, 4) is 0 Å². The molecule has 2 aliphatic heterocycles. The summed E-state index contributed by atoms with van der Waals surface area (Å²) in [6.07, 6.45) is 0.276. The lowest BCUT2D eigenvalue weighted by molar-refractivity contribution is -0.130. The summed E-state index contributed by atoms with van der Waals surface area (Å²) in [6.45, 7) is 7.24. The minimum atomic E-state index is -0.301. The number of carbonyl (C=O) groups excluding carboxylic acids is 2. The average molecular weight is 422 g/mol. The Labute approximate surface area is 184 Å². The van der Waals surface area contributed by atoms with Crippen LogP contribution in [0, 0.1) is 5.92 Å². The number of benzene rings is 2. The van der Waals surface area contributed by atoms with E-state index in [4.69, 9.17) is 4.74 Å². The molecule has 6 heteroatoms. The van der Waals surface area contributed by atoms with Crippen molar-refractivity contribution in [1.29, 1.82) is 0 Å². The molecule has 2 fully saturated rings. The summed E-state index contributed by atoms with van der Waals surface area (Å²) in [5.74, 6) is -0.299. The normalized spacial score (nSPS) is 20.6. The van der Waals surface area contributed by atoms with E-state index in [1.54, 1.807) is 0 Å². The molecular formula is C25H31N3O3. The van der Waals surface area contributed by atoms with E-state index in [0.717, 1.165) is 44.0 Å². The van der Waals surface area contributed by atoms with E-state index in [1.165, 1.54) is 5.56 Å². The largest absolute Gasteiger partial charge is 0.379 e. The number of nitrogens with one attached hydrogen (secondary N) is 1. The van der Waals surface area contributed by atoms with Gasteiger partial charge in [-0.1, -0.05) is 54.6 Å². The molecule has 0 saturated carbocycles. The van der Waals surface area contributed by atoms with Crippen LogP contribution in [0.2, 0.25) is 0 Å². The Bertz CT molecular complexity index is 896. The molecule has 6 nitrogen and oxygen atoms in total. The maximum atomic E-state index is 12.9. The second-order valence-electron chi connectivity index (χ2n) is 8.41. The van der Waals surface area contributed by atoms with Crippen molar-refractivity contribution < 1.29 is 14.3 Å². The molecule has 2 aromatic carbocycles. The van der Waals surface area contributed by atoms with Crippen LogP contribution in [0.4, 0.5) is 0 Å². The maximum absolute atomic E-state index is 12.9. The second-order valence-corrected chi connectivity index (χ2v) is 8.41. The van der Waals surface area contributed by atoms with E-state index in [-0.39, 0.29) is 30.2 Å². The molecule has 0 aliphatic carbocycles. The van der Waals surface area contributed by atoms with Crippen LogP contribution < -0.4 is 5.32 Å². The zero-order valence-electron chi connectivity index (χ0n) is 18.1. The number of hydrogen-bond donors (Lipinski definition) is 1. The van der Waals surface area contributed by atoms with Crippen LogP contribution in [0.3, 0.4) is 0 Å². The zero-order valence-corrected chi connectivity index (χ0v) is 18.1. The third-order valence-electron chi connectivity index (χ3n) is 6.35. The summed E-state index contributed by atoms with van der Waals surface area (Å²) in [5.41, 5.74) is 3.45. The van der Waals surface area contributed by atoms with Crippen LogP contribution >= 0.6 is 0 Å². The SMILES string of the molecule is C[C@@H](c1ccccc1)N1C[C@@H](C(=O)NCc2ccccc2CN2CCOCC2)CC1=O. The number of amides is 2. The van der Waals surface area contributed by atoms with E-state index in [1.807, 2.05) is 54.3 Å². The minimum absolute atomic E-state index is 0.0271. The number of hydrogen-bond acceptors (Lipinski definition) is 4. The topological polar surface area (TPSA) is 61.9 Å². The van der Waals surface area contributed by atoms with Crippen molar-refractivity contribution >= 4 is 11.8 Å². The van der Waals surface area contributed by atoms with Gasteiger partial charge in [0.15, 0.2) is 0 Å². The lowest BCUT2D eigenvalue weighted by atomic mass is 10.0. The van der Waals surface area contributed by atoms with Gasteiger partial charge in [-0.15, -0.1) is 0 Å². The molecular weight excluding hydrogens is 390 g/mol. The Kier molecular flexibility index (Phi) is 6.99. The Balaban J connectivity index is 1.34. The molecule has 4 rings (SSSR count). The summed E-state index contributed by atoms with van der Waals surface area (Å²) < 4.78 is 5.44. The van der Waals surface area contributed by atoms with Gasteiger partial charge in [-0.3, -0.25) is 14.5 Å². The first-order chi connectivity index (χ1) is 15.1. The van der Waals surface area contributed by atoms with E-state index >= 15 is 0 Å². The first-order valence-electron chi connectivity index (χ1n) is 11.1. The summed E-state index contributed by atoms with van der Waals surface area (Å²) in [4.78, 5) is 29.6. The predicted molar refractivity (Wildman–Crippen MR) is 119 cm³/mol. The number of nitrogens with zero attached hydrogens (tertiary/aromatic N) is 2. The Morgan fingerprint density at radius 2 is 1.74 bits per heavy atom. The Morgan fingerprint density at radius 3 is 2.48 bits per heavy atom. The third-order valence-corrected chi connectivity index (χ3v) is 6.35. The maximum Gasteiger partial charge on any atom is 0.225 e. The summed E-state index contributed by atoms with van der Waals surface area (Å²) >= 11 is 0. The Morgan fingerprint density at radius 1 is 1.06 bits per heavy atom. The zero-order chi connectivity index (χ0) is 21.6. The molecule has 0 unspecified atom stereocenters. The van der Waals surface area contributed by atoms with Crippen molar-refractivity contribution in [3.05, 3.63) is 71.3 Å². The van der Waals surface area contributed by atoms with E-state index in [9.17, 15) is 9.59 Å². The molecule has 2 saturated heterocycles. The van der Waals surface area contributed by atoms with Crippen LogP contribution in [0.25, 0.3) is 0 Å². The molecule has 164 valence electrons. The van der Waals surface area contributed by atoms with Crippen molar-refractivity contribution in [1.82, 2.24) is 15.1 Å². The van der Waals surface area contributed by atoms with E-state index in [0.29, 0.717) is 13.1 Å². The standard InChI is InChI=1S/C25H31N3O3/c1-19(20-7-3-2-4-8-20)28-18-23(15-24(28)29)25(30)26-16-21-9-5-6-10-22(21)17-27-11-13-31-14-12-27/h2-10,19,23H,11-18H2,1H3,(H,26,30)/t19-,23-/m0/s1. The van der Waals surface area contributed by atoms with Crippen molar-refractivity contribution in [2.24, 2.45) is 5.92 Å². The predicted octanol–water partition coefficient (Wildman–Crippen LogP) is 2.74. The fraction of sp³-hybridized carbons (Fsp3) is 0.440. The summed E-state index contributed by atoms with van der Waals surface area (Å²) in [5, 5.41) is 3.08. The summed E-state index contributed by atoms with van der Waals surface area (Å²) in [6, 6.07) is 18.2. The molecule has 31 heavy (non-hydrogen) atoms. The molecule has 0 radical (unpaired) electrons. The van der Waals surface area contributed by atoms with Gasteiger partial charge >= 0.3 is 0 Å². The van der Waals surface area contributed by atoms with Gasteiger partial charge in [0.05, 0.1) is 25.2 Å². The Hall–Kier alpha value is -2.70. The first-order valence-corrected chi connectivity index (χ1v) is 11.1. The first kappa shape index (κ1) is 21.5. The van der Waals surface area contributed by atoms with Crippen molar-refractivity contribution in [2.45, 2.75) is 32.5 Å². The highest BCUT2D eigenvalue weighted by molar-refractivity contribution is 5.89. The molecule has 2 atom stereocenters.